The topological polar surface area (TPSA) is 84.0 Å². The summed E-state index contributed by atoms with van der Waals surface area (Å²) in [6, 6.07) is 13.1. The fourth-order valence-corrected chi connectivity index (χ4v) is 2.11. The van der Waals surface area contributed by atoms with E-state index in [1.807, 2.05) is 6.07 Å². The van der Waals surface area contributed by atoms with Crippen LogP contribution < -0.4 is 10.1 Å². The Morgan fingerprint density at radius 3 is 2.71 bits per heavy atom. The maximum Gasteiger partial charge on any atom is 0.247 e. The molecular weight excluding hydrogens is 311 g/mol. The highest BCUT2D eigenvalue weighted by Crippen LogP contribution is 2.25. The Morgan fingerprint density at radius 1 is 1.21 bits per heavy atom. The zero-order chi connectivity index (χ0) is 16.9. The van der Waals surface area contributed by atoms with Gasteiger partial charge < -0.3 is 14.5 Å². The molecule has 0 spiro atoms. The van der Waals surface area contributed by atoms with E-state index in [0.717, 1.165) is 5.56 Å². The van der Waals surface area contributed by atoms with Crippen LogP contribution in [0.3, 0.4) is 0 Å². The van der Waals surface area contributed by atoms with Crippen molar-refractivity contribution >= 4 is 5.69 Å². The number of nitrogens with one attached hydrogen (secondary N) is 1. The zero-order valence-electron chi connectivity index (χ0n) is 12.8. The molecule has 24 heavy (non-hydrogen) atoms. The number of hydrogen-bond donors (Lipinski definition) is 1. The summed E-state index contributed by atoms with van der Waals surface area (Å²) in [5, 5.41) is 19.8. The molecule has 0 bridgehead atoms. The lowest BCUT2D eigenvalue weighted by Gasteiger charge is -2.09. The van der Waals surface area contributed by atoms with E-state index >= 15 is 0 Å². The summed E-state index contributed by atoms with van der Waals surface area (Å²) in [6.07, 6.45) is 0. The van der Waals surface area contributed by atoms with E-state index in [9.17, 15) is 4.39 Å². The third-order valence-electron chi connectivity index (χ3n) is 3.32. The highest BCUT2D eigenvalue weighted by Gasteiger charge is 2.10. The van der Waals surface area contributed by atoms with Crippen LogP contribution >= 0.6 is 0 Å². The number of nitriles is 1. The number of aromatic nitrogens is 2. The minimum Gasteiger partial charge on any atom is -0.494 e. The molecule has 7 heteroatoms. The number of methoxy groups -OCH3 is 1. The van der Waals surface area contributed by atoms with Crippen molar-refractivity contribution in [3.8, 4) is 23.3 Å². The SMILES string of the molecule is COc1cc(F)ccc1NCc1nnc(-c2ccc(C#N)cc2)o1. The molecule has 0 unspecified atom stereocenters. The average molecular weight is 324 g/mol. The Balaban J connectivity index is 1.71. The number of hydrogen-bond acceptors (Lipinski definition) is 6. The highest BCUT2D eigenvalue weighted by molar-refractivity contribution is 5.57. The van der Waals surface area contributed by atoms with Gasteiger partial charge in [0.15, 0.2) is 0 Å². The highest BCUT2D eigenvalue weighted by atomic mass is 19.1. The maximum atomic E-state index is 13.2. The van der Waals surface area contributed by atoms with Crippen LogP contribution in [0.4, 0.5) is 10.1 Å². The molecule has 0 aliphatic carbocycles. The number of benzene rings is 2. The van der Waals surface area contributed by atoms with Gasteiger partial charge in [-0.3, -0.25) is 0 Å². The van der Waals surface area contributed by atoms with Gasteiger partial charge in [0.1, 0.15) is 11.6 Å². The quantitative estimate of drug-likeness (QED) is 0.774. The molecule has 1 N–H and O–H groups in total. The minimum absolute atomic E-state index is 0.269. The number of rotatable bonds is 5. The van der Waals surface area contributed by atoms with Crippen LogP contribution in [0.25, 0.3) is 11.5 Å². The second-order valence-electron chi connectivity index (χ2n) is 4.89. The van der Waals surface area contributed by atoms with E-state index in [-0.39, 0.29) is 12.4 Å². The Hall–Kier alpha value is -3.40. The first-order chi connectivity index (χ1) is 11.7. The van der Waals surface area contributed by atoms with E-state index < -0.39 is 0 Å². The van der Waals surface area contributed by atoms with Gasteiger partial charge in [0.2, 0.25) is 11.8 Å². The second-order valence-corrected chi connectivity index (χ2v) is 4.89. The monoisotopic (exact) mass is 324 g/mol. The van der Waals surface area contributed by atoms with E-state index in [4.69, 9.17) is 14.4 Å². The largest absolute Gasteiger partial charge is 0.494 e. The van der Waals surface area contributed by atoms with Crippen LogP contribution in [0.2, 0.25) is 0 Å². The predicted octanol–water partition coefficient (Wildman–Crippen LogP) is 3.37. The first kappa shape index (κ1) is 15.5. The number of halogens is 1. The molecule has 2 aromatic carbocycles. The van der Waals surface area contributed by atoms with Gasteiger partial charge >= 0.3 is 0 Å². The van der Waals surface area contributed by atoms with E-state index in [1.165, 1.54) is 19.2 Å². The van der Waals surface area contributed by atoms with Crippen molar-refractivity contribution in [2.45, 2.75) is 6.54 Å². The van der Waals surface area contributed by atoms with Crippen molar-refractivity contribution in [3.63, 3.8) is 0 Å². The summed E-state index contributed by atoms with van der Waals surface area (Å²) in [4.78, 5) is 0. The summed E-state index contributed by atoms with van der Waals surface area (Å²) in [7, 11) is 1.47. The molecule has 0 fully saturated rings. The number of anilines is 1. The van der Waals surface area contributed by atoms with Crippen molar-refractivity contribution < 1.29 is 13.5 Å². The number of ether oxygens (including phenoxy) is 1. The fourth-order valence-electron chi connectivity index (χ4n) is 2.11. The Morgan fingerprint density at radius 2 is 2.00 bits per heavy atom. The first-order valence-corrected chi connectivity index (χ1v) is 7.10. The fraction of sp³-hybridized carbons (Fsp3) is 0.118. The van der Waals surface area contributed by atoms with E-state index in [2.05, 4.69) is 15.5 Å². The molecule has 0 aliphatic heterocycles. The van der Waals surface area contributed by atoms with Crippen LogP contribution in [0.15, 0.2) is 46.9 Å². The molecule has 0 amide bonds. The molecule has 0 radical (unpaired) electrons. The first-order valence-electron chi connectivity index (χ1n) is 7.10. The van der Waals surface area contributed by atoms with Gasteiger partial charge in [-0.1, -0.05) is 0 Å². The third-order valence-corrected chi connectivity index (χ3v) is 3.32. The van der Waals surface area contributed by atoms with Gasteiger partial charge in [0.05, 0.1) is 31.0 Å². The summed E-state index contributed by atoms with van der Waals surface area (Å²) < 4.78 is 23.9. The van der Waals surface area contributed by atoms with Crippen LogP contribution in [0.1, 0.15) is 11.5 Å². The van der Waals surface area contributed by atoms with E-state index in [1.54, 1.807) is 30.3 Å². The molecule has 0 atom stereocenters. The molecule has 0 saturated heterocycles. The summed E-state index contributed by atoms with van der Waals surface area (Å²) in [5.41, 5.74) is 1.91. The summed E-state index contributed by atoms with van der Waals surface area (Å²) in [5.74, 6) is 0.753. The molecule has 3 aromatic rings. The molecule has 6 nitrogen and oxygen atoms in total. The third kappa shape index (κ3) is 3.33. The number of nitrogens with zero attached hydrogens (tertiary/aromatic N) is 3. The molecule has 120 valence electrons. The van der Waals surface area contributed by atoms with Gasteiger partial charge in [0.25, 0.3) is 0 Å². The molecular formula is C17H13FN4O2. The predicted molar refractivity (Wildman–Crippen MR) is 84.7 cm³/mol. The van der Waals surface area contributed by atoms with Crippen molar-refractivity contribution in [1.29, 1.82) is 5.26 Å². The molecule has 3 rings (SSSR count). The smallest absolute Gasteiger partial charge is 0.247 e. The van der Waals surface area contributed by atoms with E-state index in [0.29, 0.717) is 28.8 Å². The summed E-state index contributed by atoms with van der Waals surface area (Å²) >= 11 is 0. The molecule has 0 aliphatic rings. The summed E-state index contributed by atoms with van der Waals surface area (Å²) in [6.45, 7) is 0.269. The van der Waals surface area contributed by atoms with Gasteiger partial charge in [-0.05, 0) is 36.4 Å². The molecule has 1 aromatic heterocycles. The zero-order valence-corrected chi connectivity index (χ0v) is 12.8. The molecule has 1 heterocycles. The van der Waals surface area contributed by atoms with Crippen molar-refractivity contribution in [1.82, 2.24) is 10.2 Å². The Kier molecular flexibility index (Phi) is 4.38. The van der Waals surface area contributed by atoms with Crippen LogP contribution in [0, 0.1) is 17.1 Å². The van der Waals surface area contributed by atoms with Crippen molar-refractivity contribution in [2.75, 3.05) is 12.4 Å². The van der Waals surface area contributed by atoms with Crippen molar-refractivity contribution in [3.05, 3.63) is 59.7 Å². The lowest BCUT2D eigenvalue weighted by Crippen LogP contribution is -2.02. The van der Waals surface area contributed by atoms with Crippen LogP contribution in [-0.2, 0) is 6.54 Å². The Bertz CT molecular complexity index is 884. The van der Waals surface area contributed by atoms with Gasteiger partial charge in [0, 0.05) is 11.6 Å². The average Bonchev–Trinajstić information content (AvgIpc) is 3.09. The van der Waals surface area contributed by atoms with Crippen LogP contribution in [0.5, 0.6) is 5.75 Å². The van der Waals surface area contributed by atoms with Gasteiger partial charge in [-0.25, -0.2) is 4.39 Å². The van der Waals surface area contributed by atoms with Gasteiger partial charge in [-0.2, -0.15) is 5.26 Å². The lowest BCUT2D eigenvalue weighted by atomic mass is 10.1. The second kappa shape index (κ2) is 6.79. The van der Waals surface area contributed by atoms with Crippen molar-refractivity contribution in [2.24, 2.45) is 0 Å². The lowest BCUT2D eigenvalue weighted by molar-refractivity contribution is 0.412. The van der Waals surface area contributed by atoms with Crippen LogP contribution in [-0.4, -0.2) is 17.3 Å². The standard InChI is InChI=1S/C17H13FN4O2/c1-23-15-8-13(18)6-7-14(15)20-10-16-21-22-17(24-16)12-4-2-11(9-19)3-5-12/h2-8,20H,10H2,1H3. The maximum absolute atomic E-state index is 13.2. The Labute approximate surface area is 137 Å². The van der Waals surface area contributed by atoms with Gasteiger partial charge in [-0.15, -0.1) is 10.2 Å². The molecule has 0 saturated carbocycles. The minimum atomic E-state index is -0.377. The normalized spacial score (nSPS) is 10.2.